The predicted molar refractivity (Wildman–Crippen MR) is 178 cm³/mol. The molecule has 0 spiro atoms. The Morgan fingerprint density at radius 2 is 1.21 bits per heavy atom. The first-order valence-electron chi connectivity index (χ1n) is 13.9. The normalized spacial score (nSPS) is 11.6. The molecular formula is C36H26ClN5S. The van der Waals surface area contributed by atoms with Gasteiger partial charge in [0, 0.05) is 16.0 Å². The van der Waals surface area contributed by atoms with Gasteiger partial charge in [0.25, 0.3) is 0 Å². The van der Waals surface area contributed by atoms with E-state index >= 15 is 0 Å². The van der Waals surface area contributed by atoms with Crippen LogP contribution < -0.4 is 10.2 Å². The van der Waals surface area contributed by atoms with E-state index in [-0.39, 0.29) is 0 Å². The second kappa shape index (κ2) is 12.1. The van der Waals surface area contributed by atoms with Crippen LogP contribution in [0.3, 0.4) is 0 Å². The summed E-state index contributed by atoms with van der Waals surface area (Å²) in [5.74, 6) is 0.610. The Bertz CT molecular complexity index is 2070. The van der Waals surface area contributed by atoms with Crippen molar-refractivity contribution in [3.8, 4) is 33.6 Å². The smallest absolute Gasteiger partial charge is 0.209 e. The highest BCUT2D eigenvalue weighted by atomic mass is 35.5. The van der Waals surface area contributed by atoms with E-state index < -0.39 is 0 Å². The van der Waals surface area contributed by atoms with Crippen molar-refractivity contribution in [2.75, 3.05) is 5.43 Å². The van der Waals surface area contributed by atoms with Crippen molar-refractivity contribution in [1.82, 2.24) is 14.5 Å². The zero-order valence-corrected chi connectivity index (χ0v) is 24.6. The lowest BCUT2D eigenvalue weighted by molar-refractivity contribution is 0.773. The van der Waals surface area contributed by atoms with Crippen LogP contribution in [0.2, 0.25) is 5.02 Å². The summed E-state index contributed by atoms with van der Waals surface area (Å²) in [5, 5.41) is 7.79. The van der Waals surface area contributed by atoms with Gasteiger partial charge in [-0.25, -0.2) is 9.97 Å². The molecule has 0 bridgehead atoms. The molecule has 0 radical (unpaired) electrons. The van der Waals surface area contributed by atoms with Crippen molar-refractivity contribution in [3.63, 3.8) is 0 Å². The fourth-order valence-corrected chi connectivity index (χ4v) is 6.01. The van der Waals surface area contributed by atoms with E-state index in [0.717, 1.165) is 54.5 Å². The zero-order valence-electron chi connectivity index (χ0n) is 23.1. The Morgan fingerprint density at radius 1 is 0.628 bits per heavy atom. The molecule has 0 fully saturated rings. The SMILES string of the molecule is Clc1ccc(-c2ccc(-c3cs/c(=N\Nc4nc5ccccc5nc4-c4ccccc4)n3Cc3ccccc3)cc2)cc1. The topological polar surface area (TPSA) is 55.1 Å². The number of nitrogens with one attached hydrogen (secondary N) is 1. The van der Waals surface area contributed by atoms with E-state index in [4.69, 9.17) is 26.7 Å². The molecule has 2 aromatic heterocycles. The Kier molecular flexibility index (Phi) is 7.52. The average molecular weight is 596 g/mol. The van der Waals surface area contributed by atoms with E-state index in [1.807, 2.05) is 84.9 Å². The molecule has 0 aliphatic rings. The number of halogens is 1. The van der Waals surface area contributed by atoms with E-state index in [0.29, 0.717) is 12.4 Å². The number of fused-ring (bicyclic) bond motifs is 1. The molecule has 0 aliphatic heterocycles. The van der Waals surface area contributed by atoms with Crippen LogP contribution in [0, 0.1) is 0 Å². The average Bonchev–Trinajstić information content (AvgIpc) is 3.46. The molecule has 7 aromatic rings. The minimum atomic E-state index is 0.610. The number of thiazole rings is 1. The lowest BCUT2D eigenvalue weighted by Gasteiger charge is -2.11. The lowest BCUT2D eigenvalue weighted by atomic mass is 10.0. The third-order valence-corrected chi connectivity index (χ3v) is 8.33. The van der Waals surface area contributed by atoms with Gasteiger partial charge in [0.15, 0.2) is 5.82 Å². The van der Waals surface area contributed by atoms with Crippen LogP contribution >= 0.6 is 22.9 Å². The van der Waals surface area contributed by atoms with Crippen molar-refractivity contribution in [3.05, 3.63) is 154 Å². The lowest BCUT2D eigenvalue weighted by Crippen LogP contribution is -2.19. The van der Waals surface area contributed by atoms with Crippen LogP contribution in [-0.4, -0.2) is 14.5 Å². The summed E-state index contributed by atoms with van der Waals surface area (Å²) in [7, 11) is 0. The van der Waals surface area contributed by atoms with Crippen LogP contribution in [0.4, 0.5) is 5.82 Å². The largest absolute Gasteiger partial charge is 0.311 e. The molecule has 0 unspecified atom stereocenters. The first-order valence-corrected chi connectivity index (χ1v) is 15.2. The molecule has 0 atom stereocenters. The van der Waals surface area contributed by atoms with Crippen LogP contribution in [0.5, 0.6) is 0 Å². The number of rotatable bonds is 7. The maximum absolute atomic E-state index is 6.10. The molecule has 43 heavy (non-hydrogen) atoms. The Morgan fingerprint density at radius 3 is 1.91 bits per heavy atom. The van der Waals surface area contributed by atoms with Gasteiger partial charge in [-0.05, 0) is 46.5 Å². The third-order valence-electron chi connectivity index (χ3n) is 7.21. The summed E-state index contributed by atoms with van der Waals surface area (Å²) < 4.78 is 2.24. The van der Waals surface area contributed by atoms with Gasteiger partial charge < -0.3 is 4.57 Å². The van der Waals surface area contributed by atoms with E-state index in [9.17, 15) is 0 Å². The summed E-state index contributed by atoms with van der Waals surface area (Å²) in [6.45, 7) is 0.675. The van der Waals surface area contributed by atoms with E-state index in [2.05, 4.69) is 63.9 Å². The van der Waals surface area contributed by atoms with Gasteiger partial charge in [0.05, 0.1) is 23.3 Å². The van der Waals surface area contributed by atoms with E-state index in [1.54, 1.807) is 11.3 Å². The van der Waals surface area contributed by atoms with Gasteiger partial charge in [0.1, 0.15) is 5.69 Å². The molecule has 2 heterocycles. The predicted octanol–water partition coefficient (Wildman–Crippen LogP) is 9.12. The van der Waals surface area contributed by atoms with Crippen LogP contribution in [0.15, 0.2) is 144 Å². The van der Waals surface area contributed by atoms with Gasteiger partial charge in [-0.2, -0.15) is 0 Å². The summed E-state index contributed by atoms with van der Waals surface area (Å²) >= 11 is 7.69. The molecule has 5 aromatic carbocycles. The number of anilines is 1. The minimum absolute atomic E-state index is 0.610. The Labute approximate surface area is 258 Å². The monoisotopic (exact) mass is 595 g/mol. The second-order valence-corrected chi connectivity index (χ2v) is 11.3. The van der Waals surface area contributed by atoms with Crippen molar-refractivity contribution in [1.29, 1.82) is 0 Å². The highest BCUT2D eigenvalue weighted by molar-refractivity contribution is 7.07. The van der Waals surface area contributed by atoms with Gasteiger partial charge >= 0.3 is 0 Å². The number of nitrogens with zero attached hydrogens (tertiary/aromatic N) is 4. The molecule has 7 heteroatoms. The molecule has 0 amide bonds. The highest BCUT2D eigenvalue weighted by Crippen LogP contribution is 2.28. The first-order chi connectivity index (χ1) is 21.2. The van der Waals surface area contributed by atoms with Gasteiger partial charge in [-0.3, -0.25) is 5.43 Å². The van der Waals surface area contributed by atoms with Crippen molar-refractivity contribution >= 4 is 39.8 Å². The summed E-state index contributed by atoms with van der Waals surface area (Å²) in [4.78, 5) is 10.7. The summed E-state index contributed by atoms with van der Waals surface area (Å²) in [6.07, 6.45) is 0. The standard InChI is InChI=1S/C36H26ClN5S/c37-30-21-19-27(20-22-30)26-15-17-28(18-16-26)33-24-43-36(42(33)23-25-9-3-1-4-10-25)41-40-35-34(29-11-5-2-6-12-29)38-31-13-7-8-14-32(31)39-35/h1-22,24H,23H2,(H,39,40)/b41-36-. The minimum Gasteiger partial charge on any atom is -0.311 e. The van der Waals surface area contributed by atoms with Crippen molar-refractivity contribution < 1.29 is 0 Å². The number of hydrogen-bond donors (Lipinski definition) is 1. The Balaban J connectivity index is 1.29. The first kappa shape index (κ1) is 26.8. The Hall–Kier alpha value is -5.04. The number of hydrogen-bond acceptors (Lipinski definition) is 5. The highest BCUT2D eigenvalue weighted by Gasteiger charge is 2.13. The molecule has 0 aliphatic carbocycles. The fourth-order valence-electron chi connectivity index (χ4n) is 5.02. The van der Waals surface area contributed by atoms with Gasteiger partial charge in [-0.15, -0.1) is 16.4 Å². The molecular weight excluding hydrogens is 570 g/mol. The maximum atomic E-state index is 6.10. The van der Waals surface area contributed by atoms with Crippen LogP contribution in [0.25, 0.3) is 44.7 Å². The van der Waals surface area contributed by atoms with E-state index in [1.165, 1.54) is 5.56 Å². The molecule has 1 N–H and O–H groups in total. The second-order valence-electron chi connectivity index (χ2n) is 10.1. The van der Waals surface area contributed by atoms with Crippen molar-refractivity contribution in [2.24, 2.45) is 5.10 Å². The number of para-hydroxylation sites is 2. The van der Waals surface area contributed by atoms with Crippen molar-refractivity contribution in [2.45, 2.75) is 6.54 Å². The fraction of sp³-hybridized carbons (Fsp3) is 0.0278. The zero-order chi connectivity index (χ0) is 29.0. The van der Waals surface area contributed by atoms with Gasteiger partial charge in [-0.1, -0.05) is 121 Å². The number of aromatic nitrogens is 3. The van der Waals surface area contributed by atoms with Gasteiger partial charge in [0.2, 0.25) is 4.80 Å². The molecule has 208 valence electrons. The molecule has 0 saturated carbocycles. The quantitative estimate of drug-likeness (QED) is 0.187. The summed E-state index contributed by atoms with van der Waals surface area (Å²) in [5.41, 5.74) is 12.3. The summed E-state index contributed by atoms with van der Waals surface area (Å²) in [6, 6.07) is 44.9. The van der Waals surface area contributed by atoms with Crippen LogP contribution in [-0.2, 0) is 6.54 Å². The van der Waals surface area contributed by atoms with Crippen LogP contribution in [0.1, 0.15) is 5.56 Å². The molecule has 7 rings (SSSR count). The number of benzene rings is 5. The molecule has 5 nitrogen and oxygen atoms in total. The molecule has 0 saturated heterocycles. The third kappa shape index (κ3) is 5.84. The maximum Gasteiger partial charge on any atom is 0.209 e.